The molecule has 4 rings (SSSR count). The molecule has 2 heterocycles. The Balaban J connectivity index is 1.69. The maximum Gasteiger partial charge on any atom is 0.334 e. The summed E-state index contributed by atoms with van der Waals surface area (Å²) in [5, 5.41) is 0. The molecule has 0 N–H and O–H groups in total. The molecule has 2 saturated heterocycles. The van der Waals surface area contributed by atoms with Crippen molar-refractivity contribution in [2.24, 2.45) is 17.8 Å². The molecule has 5 heteroatoms. The van der Waals surface area contributed by atoms with Gasteiger partial charge in [-0.1, -0.05) is 13.5 Å². The molecule has 22 heavy (non-hydrogen) atoms. The minimum atomic E-state index is -0.303. The third-order valence-corrected chi connectivity index (χ3v) is 6.27. The third-order valence-electron chi connectivity index (χ3n) is 6.27. The Hall–Kier alpha value is -1.36. The molecule has 0 bridgehead atoms. The minimum Gasteiger partial charge on any atom is -0.462 e. The maximum atomic E-state index is 11.8. The first-order valence-electron chi connectivity index (χ1n) is 8.04. The molecule has 7 atom stereocenters. The molecule has 0 aromatic rings. The molecule has 0 radical (unpaired) electrons. The molecular weight excluding hydrogens is 284 g/mol. The molecule has 7 unspecified atom stereocenters. The first-order chi connectivity index (χ1) is 10.3. The summed E-state index contributed by atoms with van der Waals surface area (Å²) in [7, 11) is 0. The van der Waals surface area contributed by atoms with Crippen molar-refractivity contribution in [1.82, 2.24) is 0 Å². The quantitative estimate of drug-likeness (QED) is 0.421. The van der Waals surface area contributed by atoms with E-state index >= 15 is 0 Å². The average molecular weight is 306 g/mol. The molecule has 2 aliphatic carbocycles. The molecule has 0 aromatic heterocycles. The van der Waals surface area contributed by atoms with Gasteiger partial charge in [-0.15, -0.1) is 0 Å². The normalized spacial score (nSPS) is 52.2. The van der Waals surface area contributed by atoms with Crippen LogP contribution in [-0.2, 0) is 23.8 Å². The summed E-state index contributed by atoms with van der Waals surface area (Å²) < 4.78 is 17.3. The Kier molecular flexibility index (Phi) is 2.68. The van der Waals surface area contributed by atoms with Crippen LogP contribution < -0.4 is 0 Å². The van der Waals surface area contributed by atoms with E-state index in [9.17, 15) is 9.59 Å². The lowest BCUT2D eigenvalue weighted by atomic mass is 9.78. The van der Waals surface area contributed by atoms with Gasteiger partial charge in [-0.2, -0.15) is 0 Å². The zero-order valence-corrected chi connectivity index (χ0v) is 13.3. The lowest BCUT2D eigenvalue weighted by molar-refractivity contribution is -0.152. The van der Waals surface area contributed by atoms with Crippen molar-refractivity contribution in [3.8, 4) is 0 Å². The number of epoxide rings is 1. The number of fused-ring (bicyclic) bond motifs is 1. The Morgan fingerprint density at radius 1 is 1.41 bits per heavy atom. The van der Waals surface area contributed by atoms with E-state index in [0.717, 1.165) is 19.3 Å². The van der Waals surface area contributed by atoms with Crippen LogP contribution in [0.2, 0.25) is 0 Å². The number of hydrogen-bond acceptors (Lipinski definition) is 5. The first-order valence-corrected chi connectivity index (χ1v) is 8.04. The lowest BCUT2D eigenvalue weighted by Crippen LogP contribution is -2.36. The summed E-state index contributed by atoms with van der Waals surface area (Å²) in [6, 6.07) is 0. The maximum absolute atomic E-state index is 11.8. The van der Waals surface area contributed by atoms with Crippen molar-refractivity contribution in [3.63, 3.8) is 0 Å². The number of carbonyl (C=O) groups is 2. The van der Waals surface area contributed by atoms with E-state index in [0.29, 0.717) is 5.57 Å². The number of ether oxygens (including phenoxy) is 3. The highest BCUT2D eigenvalue weighted by Crippen LogP contribution is 2.69. The predicted molar refractivity (Wildman–Crippen MR) is 76.8 cm³/mol. The van der Waals surface area contributed by atoms with Crippen molar-refractivity contribution in [3.05, 3.63) is 12.2 Å². The van der Waals surface area contributed by atoms with Crippen molar-refractivity contribution < 1.29 is 23.8 Å². The van der Waals surface area contributed by atoms with Crippen molar-refractivity contribution >= 4 is 11.9 Å². The molecule has 0 aromatic carbocycles. The van der Waals surface area contributed by atoms with Gasteiger partial charge in [-0.05, 0) is 25.7 Å². The molecule has 4 fully saturated rings. The number of rotatable bonds is 1. The van der Waals surface area contributed by atoms with Gasteiger partial charge in [-0.3, -0.25) is 4.79 Å². The highest BCUT2D eigenvalue weighted by molar-refractivity contribution is 5.90. The van der Waals surface area contributed by atoms with Crippen molar-refractivity contribution in [2.45, 2.75) is 63.4 Å². The standard InChI is InChI=1S/C17H22O5/c1-8-5-12-11(9(2)15(19)21-12)6-17-14(8)13(20-10(3)18)7-16(17,4)22-17/h8,11-14H,2,5-7H2,1,3-4H3. The smallest absolute Gasteiger partial charge is 0.334 e. The summed E-state index contributed by atoms with van der Waals surface area (Å²) >= 11 is 0. The number of carbonyl (C=O) groups excluding carboxylic acids is 2. The van der Waals surface area contributed by atoms with Crippen LogP contribution in [0.1, 0.15) is 40.0 Å². The highest BCUT2D eigenvalue weighted by atomic mass is 16.6. The molecule has 2 saturated carbocycles. The fourth-order valence-electron chi connectivity index (χ4n) is 5.35. The average Bonchev–Trinajstić information content (AvgIpc) is 2.82. The van der Waals surface area contributed by atoms with Crippen molar-refractivity contribution in [1.29, 1.82) is 0 Å². The predicted octanol–water partition coefficient (Wildman–Crippen LogP) is 1.99. The van der Waals surface area contributed by atoms with E-state index in [1.165, 1.54) is 6.92 Å². The second-order valence-corrected chi connectivity index (χ2v) is 7.59. The van der Waals surface area contributed by atoms with Crippen LogP contribution in [-0.4, -0.2) is 35.3 Å². The van der Waals surface area contributed by atoms with Crippen LogP contribution in [0.25, 0.3) is 0 Å². The summed E-state index contributed by atoms with van der Waals surface area (Å²) in [5.41, 5.74) is 0.0106. The molecule has 2 aliphatic heterocycles. The largest absolute Gasteiger partial charge is 0.462 e. The highest BCUT2D eigenvalue weighted by Gasteiger charge is 2.79. The first kappa shape index (κ1) is 14.2. The van der Waals surface area contributed by atoms with Crippen LogP contribution >= 0.6 is 0 Å². The SMILES string of the molecule is C=C1C(=O)OC2CC(C)C3C(OC(C)=O)CC4(C)OC34CC12. The zero-order chi connectivity index (χ0) is 15.9. The topological polar surface area (TPSA) is 65.1 Å². The summed E-state index contributed by atoms with van der Waals surface area (Å²) in [4.78, 5) is 23.3. The lowest BCUT2D eigenvalue weighted by Gasteiger charge is -2.30. The van der Waals surface area contributed by atoms with Gasteiger partial charge < -0.3 is 14.2 Å². The third kappa shape index (κ3) is 1.63. The van der Waals surface area contributed by atoms with Gasteiger partial charge in [0.05, 0.1) is 5.60 Å². The van der Waals surface area contributed by atoms with Crippen LogP contribution in [0, 0.1) is 17.8 Å². The van der Waals surface area contributed by atoms with Gasteiger partial charge in [0.2, 0.25) is 0 Å². The van der Waals surface area contributed by atoms with Gasteiger partial charge in [0, 0.05) is 30.8 Å². The Morgan fingerprint density at radius 3 is 2.82 bits per heavy atom. The van der Waals surface area contributed by atoms with E-state index in [1.807, 2.05) is 0 Å². The van der Waals surface area contributed by atoms with Crippen LogP contribution in [0.3, 0.4) is 0 Å². The Bertz CT molecular complexity index is 584. The second-order valence-electron chi connectivity index (χ2n) is 7.59. The van der Waals surface area contributed by atoms with Crippen LogP contribution in [0.5, 0.6) is 0 Å². The minimum absolute atomic E-state index is 0.0258. The number of hydrogen-bond donors (Lipinski definition) is 0. The van der Waals surface area contributed by atoms with E-state index in [2.05, 4.69) is 20.4 Å². The van der Waals surface area contributed by atoms with Gasteiger partial charge >= 0.3 is 11.9 Å². The molecular formula is C17H22O5. The van der Waals surface area contributed by atoms with Crippen LogP contribution in [0.4, 0.5) is 0 Å². The molecule has 0 amide bonds. The summed E-state index contributed by atoms with van der Waals surface area (Å²) in [6.07, 6.45) is 2.04. The van der Waals surface area contributed by atoms with E-state index in [1.54, 1.807) is 0 Å². The molecule has 1 spiro atoms. The molecule has 4 aliphatic rings. The fraction of sp³-hybridized carbons (Fsp3) is 0.765. The van der Waals surface area contributed by atoms with Gasteiger partial charge in [0.1, 0.15) is 17.8 Å². The van der Waals surface area contributed by atoms with E-state index in [4.69, 9.17) is 14.2 Å². The van der Waals surface area contributed by atoms with Gasteiger partial charge in [-0.25, -0.2) is 4.79 Å². The Labute approximate surface area is 130 Å². The number of esters is 2. The monoisotopic (exact) mass is 306 g/mol. The fourth-order valence-corrected chi connectivity index (χ4v) is 5.35. The summed E-state index contributed by atoms with van der Waals surface area (Å²) in [5.74, 6) is -0.0507. The van der Waals surface area contributed by atoms with E-state index < -0.39 is 0 Å². The molecule has 120 valence electrons. The van der Waals surface area contributed by atoms with Gasteiger partial charge in [0.25, 0.3) is 0 Å². The zero-order valence-electron chi connectivity index (χ0n) is 13.3. The van der Waals surface area contributed by atoms with Gasteiger partial charge in [0.15, 0.2) is 0 Å². The van der Waals surface area contributed by atoms with E-state index in [-0.39, 0.29) is 53.1 Å². The van der Waals surface area contributed by atoms with Crippen LogP contribution in [0.15, 0.2) is 12.2 Å². The Morgan fingerprint density at radius 2 is 2.14 bits per heavy atom. The summed E-state index contributed by atoms with van der Waals surface area (Å²) in [6.45, 7) is 9.62. The van der Waals surface area contributed by atoms with Crippen molar-refractivity contribution in [2.75, 3.05) is 0 Å². The second kappa shape index (κ2) is 4.13. The molecule has 5 nitrogen and oxygen atoms in total.